The minimum absolute atomic E-state index is 0.328. The van der Waals surface area contributed by atoms with Crippen molar-refractivity contribution in [2.75, 3.05) is 6.54 Å². The van der Waals surface area contributed by atoms with E-state index >= 15 is 0 Å². The number of rotatable bonds is 6. The Morgan fingerprint density at radius 3 is 2.79 bits per heavy atom. The highest BCUT2D eigenvalue weighted by molar-refractivity contribution is 9.11. The smallest absolute Gasteiger partial charge is 0.250 e. The van der Waals surface area contributed by atoms with Gasteiger partial charge in [0, 0.05) is 19.3 Å². The summed E-state index contributed by atoms with van der Waals surface area (Å²) in [6, 6.07) is 5.24. The van der Waals surface area contributed by atoms with E-state index in [9.17, 15) is 8.42 Å². The van der Waals surface area contributed by atoms with Crippen molar-refractivity contribution in [1.29, 1.82) is 0 Å². The van der Waals surface area contributed by atoms with Crippen molar-refractivity contribution < 1.29 is 8.42 Å². The number of nitrogens with one attached hydrogen (secondary N) is 1. The maximum atomic E-state index is 11.9. The molecule has 19 heavy (non-hydrogen) atoms. The lowest BCUT2D eigenvalue weighted by atomic mass is 10.4. The third-order valence-corrected chi connectivity index (χ3v) is 6.02. The molecule has 0 saturated heterocycles. The molecule has 2 aromatic rings. The molecular weight excluding hydrogens is 350 g/mol. The van der Waals surface area contributed by atoms with Gasteiger partial charge in [-0.3, -0.25) is 4.68 Å². The molecule has 0 aliphatic carbocycles. The van der Waals surface area contributed by atoms with Crippen molar-refractivity contribution in [3.05, 3.63) is 33.9 Å². The van der Waals surface area contributed by atoms with E-state index in [0.717, 1.165) is 9.48 Å². The molecule has 0 aliphatic rings. The van der Waals surface area contributed by atoms with Crippen LogP contribution in [-0.2, 0) is 16.6 Å². The standard InChI is InChI=1S/C11H14BrN3O2S2/c1-9-5-8-15(14-9)7-2-6-13-19(16,17)11-4-3-10(12)18-11/h3-5,8,13H,2,6-7H2,1H3. The average molecular weight is 364 g/mol. The molecule has 0 fully saturated rings. The van der Waals surface area contributed by atoms with E-state index in [1.807, 2.05) is 23.9 Å². The van der Waals surface area contributed by atoms with Crippen LogP contribution in [0.3, 0.4) is 0 Å². The molecule has 0 aliphatic heterocycles. The lowest BCUT2D eigenvalue weighted by Crippen LogP contribution is -2.24. The molecule has 2 aromatic heterocycles. The van der Waals surface area contributed by atoms with E-state index in [2.05, 4.69) is 25.8 Å². The van der Waals surface area contributed by atoms with Crippen LogP contribution in [0.5, 0.6) is 0 Å². The SMILES string of the molecule is Cc1ccn(CCCNS(=O)(=O)c2ccc(Br)s2)n1. The first kappa shape index (κ1) is 14.7. The summed E-state index contributed by atoms with van der Waals surface area (Å²) in [6.45, 7) is 3.02. The predicted molar refractivity (Wildman–Crippen MR) is 78.8 cm³/mol. The zero-order valence-corrected chi connectivity index (χ0v) is 13.6. The molecule has 2 heterocycles. The van der Waals surface area contributed by atoms with Gasteiger partial charge in [0.15, 0.2) is 0 Å². The van der Waals surface area contributed by atoms with Crippen molar-refractivity contribution in [2.45, 2.75) is 24.1 Å². The van der Waals surface area contributed by atoms with Crippen molar-refractivity contribution in [1.82, 2.24) is 14.5 Å². The van der Waals surface area contributed by atoms with E-state index < -0.39 is 10.0 Å². The van der Waals surface area contributed by atoms with Gasteiger partial charge in [-0.25, -0.2) is 13.1 Å². The third kappa shape index (κ3) is 4.13. The van der Waals surface area contributed by atoms with Crippen LogP contribution >= 0.6 is 27.3 Å². The Labute approximate surface area is 124 Å². The van der Waals surface area contributed by atoms with Crippen LogP contribution in [0.1, 0.15) is 12.1 Å². The second-order valence-electron chi connectivity index (χ2n) is 4.03. The number of hydrogen-bond donors (Lipinski definition) is 1. The number of halogens is 1. The summed E-state index contributed by atoms with van der Waals surface area (Å²) >= 11 is 4.46. The summed E-state index contributed by atoms with van der Waals surface area (Å²) < 4.78 is 29.4. The fraction of sp³-hybridized carbons (Fsp3) is 0.364. The predicted octanol–water partition coefficient (Wildman–Crippen LogP) is 2.38. The summed E-state index contributed by atoms with van der Waals surface area (Å²) in [4.78, 5) is 0. The lowest BCUT2D eigenvalue weighted by Gasteiger charge is -2.04. The van der Waals surface area contributed by atoms with E-state index in [1.54, 1.807) is 12.1 Å². The van der Waals surface area contributed by atoms with E-state index in [4.69, 9.17) is 0 Å². The monoisotopic (exact) mass is 363 g/mol. The Hall–Kier alpha value is -0.700. The lowest BCUT2D eigenvalue weighted by molar-refractivity contribution is 0.552. The second-order valence-corrected chi connectivity index (χ2v) is 8.49. The molecule has 8 heteroatoms. The Balaban J connectivity index is 1.82. The molecule has 104 valence electrons. The molecule has 0 saturated carbocycles. The quantitative estimate of drug-likeness (QED) is 0.801. The van der Waals surface area contributed by atoms with Gasteiger partial charge in [0.1, 0.15) is 4.21 Å². The van der Waals surface area contributed by atoms with Crippen LogP contribution in [0, 0.1) is 6.92 Å². The fourth-order valence-electron chi connectivity index (χ4n) is 1.55. The molecule has 1 N–H and O–H groups in total. The molecule has 0 atom stereocenters. The molecular formula is C11H14BrN3O2S2. The highest BCUT2D eigenvalue weighted by atomic mass is 79.9. The van der Waals surface area contributed by atoms with Crippen LogP contribution in [0.15, 0.2) is 32.4 Å². The first-order valence-electron chi connectivity index (χ1n) is 5.72. The number of hydrogen-bond acceptors (Lipinski definition) is 4. The van der Waals surface area contributed by atoms with Gasteiger partial charge < -0.3 is 0 Å². The van der Waals surface area contributed by atoms with Crippen molar-refractivity contribution in [2.24, 2.45) is 0 Å². The summed E-state index contributed by atoms with van der Waals surface area (Å²) in [5, 5.41) is 4.24. The van der Waals surface area contributed by atoms with Crippen LogP contribution in [0.2, 0.25) is 0 Å². The number of sulfonamides is 1. The largest absolute Gasteiger partial charge is 0.272 e. The zero-order valence-electron chi connectivity index (χ0n) is 10.3. The molecule has 2 rings (SSSR count). The van der Waals surface area contributed by atoms with Crippen LogP contribution < -0.4 is 4.72 Å². The van der Waals surface area contributed by atoms with Crippen LogP contribution in [0.25, 0.3) is 0 Å². The van der Waals surface area contributed by atoms with Crippen molar-refractivity contribution in [3.8, 4) is 0 Å². The first-order valence-corrected chi connectivity index (χ1v) is 8.82. The number of nitrogens with zero attached hydrogens (tertiary/aromatic N) is 2. The summed E-state index contributed by atoms with van der Waals surface area (Å²) in [6.07, 6.45) is 2.59. The van der Waals surface area contributed by atoms with Gasteiger partial charge in [-0.2, -0.15) is 5.10 Å². The number of thiophene rings is 1. The molecule has 0 unspecified atom stereocenters. The molecule has 5 nitrogen and oxygen atoms in total. The highest BCUT2D eigenvalue weighted by Gasteiger charge is 2.15. The number of aryl methyl sites for hydroxylation is 2. The molecule has 0 radical (unpaired) electrons. The van der Waals surface area contributed by atoms with Gasteiger partial charge in [-0.05, 0) is 47.5 Å². The molecule has 0 bridgehead atoms. The Bertz CT molecular complexity index is 648. The Morgan fingerprint density at radius 1 is 1.42 bits per heavy atom. The summed E-state index contributed by atoms with van der Waals surface area (Å²) in [7, 11) is -3.38. The van der Waals surface area contributed by atoms with Gasteiger partial charge in [0.25, 0.3) is 0 Å². The zero-order chi connectivity index (χ0) is 13.9. The minimum Gasteiger partial charge on any atom is -0.272 e. The van der Waals surface area contributed by atoms with Crippen molar-refractivity contribution >= 4 is 37.3 Å². The maximum Gasteiger partial charge on any atom is 0.250 e. The normalized spacial score (nSPS) is 11.9. The van der Waals surface area contributed by atoms with Gasteiger partial charge in [-0.1, -0.05) is 0 Å². The van der Waals surface area contributed by atoms with Gasteiger partial charge in [0.05, 0.1) is 9.48 Å². The fourth-order valence-corrected chi connectivity index (χ4v) is 4.68. The summed E-state index contributed by atoms with van der Waals surface area (Å²) in [5.74, 6) is 0. The van der Waals surface area contributed by atoms with Gasteiger partial charge >= 0.3 is 0 Å². The second kappa shape index (κ2) is 6.17. The van der Waals surface area contributed by atoms with E-state index in [-0.39, 0.29) is 0 Å². The van der Waals surface area contributed by atoms with E-state index in [1.165, 1.54) is 11.3 Å². The van der Waals surface area contributed by atoms with E-state index in [0.29, 0.717) is 23.7 Å². The average Bonchev–Trinajstić information content (AvgIpc) is 2.94. The number of aromatic nitrogens is 2. The highest BCUT2D eigenvalue weighted by Crippen LogP contribution is 2.25. The third-order valence-electron chi connectivity index (χ3n) is 2.44. The molecule has 0 spiro atoms. The van der Waals surface area contributed by atoms with Gasteiger partial charge in [0.2, 0.25) is 10.0 Å². The molecule has 0 amide bonds. The van der Waals surface area contributed by atoms with Crippen LogP contribution in [-0.4, -0.2) is 24.7 Å². The first-order chi connectivity index (χ1) is 8.97. The topological polar surface area (TPSA) is 64.0 Å². The summed E-state index contributed by atoms with van der Waals surface area (Å²) in [5.41, 5.74) is 0.962. The Morgan fingerprint density at radius 2 is 2.21 bits per heavy atom. The Kier molecular flexibility index (Phi) is 4.77. The van der Waals surface area contributed by atoms with Gasteiger partial charge in [-0.15, -0.1) is 11.3 Å². The minimum atomic E-state index is -3.38. The van der Waals surface area contributed by atoms with Crippen molar-refractivity contribution in [3.63, 3.8) is 0 Å². The van der Waals surface area contributed by atoms with Crippen LogP contribution in [0.4, 0.5) is 0 Å². The molecule has 0 aromatic carbocycles. The maximum absolute atomic E-state index is 11.9.